The van der Waals surface area contributed by atoms with Gasteiger partial charge in [0.1, 0.15) is 0 Å². The minimum Gasteiger partial charge on any atom is -0.353 e. The Bertz CT molecular complexity index is 553. The molecule has 3 rings (SSSR count). The summed E-state index contributed by atoms with van der Waals surface area (Å²) in [5.74, 6) is 2.76. The van der Waals surface area contributed by atoms with Crippen LogP contribution in [0.25, 0.3) is 0 Å². The highest BCUT2D eigenvalue weighted by Crippen LogP contribution is 2.49. The van der Waals surface area contributed by atoms with Crippen molar-refractivity contribution in [2.24, 2.45) is 23.7 Å². The smallest absolute Gasteiger partial charge is 0.228 e. The molecule has 2 aliphatic rings. The second-order valence-corrected chi connectivity index (χ2v) is 8.35. The van der Waals surface area contributed by atoms with Crippen LogP contribution in [0.3, 0.4) is 0 Å². The number of halogens is 1. The molecule has 2 aliphatic carbocycles. The summed E-state index contributed by atoms with van der Waals surface area (Å²) < 4.78 is 0. The van der Waals surface area contributed by atoms with Gasteiger partial charge in [0.15, 0.2) is 0 Å². The van der Waals surface area contributed by atoms with E-state index < -0.39 is 0 Å². The van der Waals surface area contributed by atoms with Gasteiger partial charge in [0.25, 0.3) is 0 Å². The highest BCUT2D eigenvalue weighted by molar-refractivity contribution is 6.30. The Kier molecular flexibility index (Phi) is 5.01. The van der Waals surface area contributed by atoms with Crippen LogP contribution in [0.1, 0.15) is 57.9 Å². The van der Waals surface area contributed by atoms with Crippen molar-refractivity contribution in [3.63, 3.8) is 0 Å². The molecule has 3 heteroatoms. The Labute approximate surface area is 145 Å². The molecule has 1 aromatic rings. The molecule has 0 aliphatic heterocycles. The number of benzene rings is 1. The quantitative estimate of drug-likeness (QED) is 0.805. The van der Waals surface area contributed by atoms with Gasteiger partial charge in [0.05, 0.1) is 5.92 Å². The number of carbonyl (C=O) groups excluding carboxylic acids is 1. The summed E-state index contributed by atoms with van der Waals surface area (Å²) in [7, 11) is 0. The molecule has 1 aromatic carbocycles. The molecule has 2 saturated carbocycles. The maximum atomic E-state index is 12.9. The molecule has 0 heterocycles. The van der Waals surface area contributed by atoms with Gasteiger partial charge in [-0.25, -0.2) is 0 Å². The van der Waals surface area contributed by atoms with E-state index in [4.69, 9.17) is 11.6 Å². The van der Waals surface area contributed by atoms with E-state index in [9.17, 15) is 4.79 Å². The highest BCUT2D eigenvalue weighted by atomic mass is 35.5. The van der Waals surface area contributed by atoms with Gasteiger partial charge in [-0.15, -0.1) is 0 Å². The van der Waals surface area contributed by atoms with Crippen molar-refractivity contribution in [3.05, 3.63) is 34.9 Å². The Balaban J connectivity index is 1.68. The standard InChI is InChI=1S/C20H28ClNO/c1-12(2)19(15-6-8-17(21)9-7-15)20(23)22-13(3)18-11-14-4-5-16(18)10-14/h6-9,12-14,16,18-19H,4-5,10-11H2,1-3H3,(H,22,23)/t13-,14+,16+,18-,19+/m1/s1. The van der Waals surface area contributed by atoms with Crippen LogP contribution in [0, 0.1) is 23.7 Å². The summed E-state index contributed by atoms with van der Waals surface area (Å²) in [5, 5.41) is 4.04. The van der Waals surface area contributed by atoms with Crippen molar-refractivity contribution in [1.82, 2.24) is 5.32 Å². The maximum absolute atomic E-state index is 12.9. The lowest BCUT2D eigenvalue weighted by molar-refractivity contribution is -0.124. The van der Waals surface area contributed by atoms with Crippen LogP contribution < -0.4 is 5.32 Å². The van der Waals surface area contributed by atoms with Gasteiger partial charge in [-0.3, -0.25) is 4.79 Å². The fourth-order valence-electron chi connectivity index (χ4n) is 4.84. The fraction of sp³-hybridized carbons (Fsp3) is 0.650. The van der Waals surface area contributed by atoms with E-state index in [2.05, 4.69) is 26.1 Å². The molecule has 1 amide bonds. The van der Waals surface area contributed by atoms with E-state index in [0.29, 0.717) is 10.9 Å². The predicted molar refractivity (Wildman–Crippen MR) is 95.6 cm³/mol. The van der Waals surface area contributed by atoms with Crippen LogP contribution in [0.5, 0.6) is 0 Å². The third-order valence-corrected chi connectivity index (χ3v) is 6.24. The van der Waals surface area contributed by atoms with E-state index in [1.54, 1.807) is 0 Å². The van der Waals surface area contributed by atoms with Gasteiger partial charge in [0, 0.05) is 11.1 Å². The Hall–Kier alpha value is -1.02. The zero-order valence-electron chi connectivity index (χ0n) is 14.4. The second-order valence-electron chi connectivity index (χ2n) is 7.91. The van der Waals surface area contributed by atoms with Gasteiger partial charge in [-0.1, -0.05) is 44.0 Å². The third kappa shape index (κ3) is 3.57. The molecule has 126 valence electrons. The lowest BCUT2D eigenvalue weighted by Gasteiger charge is -2.30. The first-order valence-corrected chi connectivity index (χ1v) is 9.39. The first-order chi connectivity index (χ1) is 11.0. The average molecular weight is 334 g/mol. The Morgan fingerprint density at radius 3 is 2.35 bits per heavy atom. The molecular weight excluding hydrogens is 306 g/mol. The molecule has 2 bridgehead atoms. The maximum Gasteiger partial charge on any atom is 0.228 e. The van der Waals surface area contributed by atoms with Gasteiger partial charge in [0.2, 0.25) is 5.91 Å². The number of amides is 1. The van der Waals surface area contributed by atoms with Gasteiger partial charge < -0.3 is 5.32 Å². The lowest BCUT2D eigenvalue weighted by Crippen LogP contribution is -2.43. The molecule has 2 nitrogen and oxygen atoms in total. The Morgan fingerprint density at radius 1 is 1.13 bits per heavy atom. The van der Waals surface area contributed by atoms with Crippen molar-refractivity contribution in [3.8, 4) is 0 Å². The number of nitrogens with one attached hydrogen (secondary N) is 1. The van der Waals surface area contributed by atoms with Crippen molar-refractivity contribution in [2.45, 2.75) is 58.4 Å². The molecule has 23 heavy (non-hydrogen) atoms. The molecule has 0 aromatic heterocycles. The lowest BCUT2D eigenvalue weighted by atomic mass is 9.83. The average Bonchev–Trinajstić information content (AvgIpc) is 3.12. The van der Waals surface area contributed by atoms with E-state index in [1.165, 1.54) is 25.7 Å². The molecule has 0 saturated heterocycles. The topological polar surface area (TPSA) is 29.1 Å². The largest absolute Gasteiger partial charge is 0.353 e. The second kappa shape index (κ2) is 6.84. The van der Waals surface area contributed by atoms with Crippen LogP contribution in [-0.4, -0.2) is 11.9 Å². The summed E-state index contributed by atoms with van der Waals surface area (Å²) >= 11 is 5.98. The zero-order chi connectivity index (χ0) is 16.6. The number of hydrogen-bond acceptors (Lipinski definition) is 1. The monoisotopic (exact) mass is 333 g/mol. The normalized spacial score (nSPS) is 28.8. The minimum atomic E-state index is -0.103. The van der Waals surface area contributed by atoms with Crippen molar-refractivity contribution in [1.29, 1.82) is 0 Å². The molecule has 1 N–H and O–H groups in total. The minimum absolute atomic E-state index is 0.103. The van der Waals surface area contributed by atoms with Crippen LogP contribution in [0.2, 0.25) is 5.02 Å². The number of carbonyl (C=O) groups is 1. The van der Waals surface area contributed by atoms with Gasteiger partial charge in [-0.05, 0) is 67.6 Å². The molecule has 2 fully saturated rings. The van der Waals surface area contributed by atoms with Crippen LogP contribution >= 0.6 is 11.6 Å². The molecular formula is C20H28ClNO. The van der Waals surface area contributed by atoms with E-state index in [-0.39, 0.29) is 23.8 Å². The summed E-state index contributed by atoms with van der Waals surface area (Å²) in [6.07, 6.45) is 5.45. The van der Waals surface area contributed by atoms with Crippen LogP contribution in [0.4, 0.5) is 0 Å². The SMILES string of the molecule is CC(C)[C@H](C(=O)N[C@H](C)[C@H]1C[C@H]2CC[C@H]1C2)c1ccc(Cl)cc1. The number of hydrogen-bond donors (Lipinski definition) is 1. The van der Waals surface area contributed by atoms with Crippen molar-refractivity contribution < 1.29 is 4.79 Å². The summed E-state index contributed by atoms with van der Waals surface area (Å²) in [5.41, 5.74) is 1.06. The Morgan fingerprint density at radius 2 is 1.83 bits per heavy atom. The third-order valence-electron chi connectivity index (χ3n) is 5.98. The predicted octanol–water partition coefficient (Wildman–Crippen LogP) is 5.02. The summed E-state index contributed by atoms with van der Waals surface area (Å²) in [6.45, 7) is 6.42. The first kappa shape index (κ1) is 16.8. The van der Waals surface area contributed by atoms with Crippen molar-refractivity contribution in [2.75, 3.05) is 0 Å². The van der Waals surface area contributed by atoms with E-state index >= 15 is 0 Å². The molecule has 0 radical (unpaired) electrons. The molecule has 0 unspecified atom stereocenters. The summed E-state index contributed by atoms with van der Waals surface area (Å²) in [6, 6.07) is 7.99. The van der Waals surface area contributed by atoms with E-state index in [1.807, 2.05) is 24.3 Å². The first-order valence-electron chi connectivity index (χ1n) is 9.01. The van der Waals surface area contributed by atoms with E-state index in [0.717, 1.165) is 17.4 Å². The zero-order valence-corrected chi connectivity index (χ0v) is 15.1. The van der Waals surface area contributed by atoms with Crippen LogP contribution in [0.15, 0.2) is 24.3 Å². The molecule has 0 spiro atoms. The van der Waals surface area contributed by atoms with Crippen LogP contribution in [-0.2, 0) is 4.79 Å². The fourth-order valence-corrected chi connectivity index (χ4v) is 4.96. The van der Waals surface area contributed by atoms with Gasteiger partial charge in [-0.2, -0.15) is 0 Å². The number of rotatable bonds is 5. The number of fused-ring (bicyclic) bond motifs is 2. The summed E-state index contributed by atoms with van der Waals surface area (Å²) in [4.78, 5) is 12.9. The highest BCUT2D eigenvalue weighted by Gasteiger charge is 2.42. The van der Waals surface area contributed by atoms with Gasteiger partial charge >= 0.3 is 0 Å². The van der Waals surface area contributed by atoms with Crippen molar-refractivity contribution >= 4 is 17.5 Å². The molecule has 5 atom stereocenters.